The lowest BCUT2D eigenvalue weighted by atomic mass is 9.82. The van der Waals surface area contributed by atoms with E-state index in [1.807, 2.05) is 24.3 Å². The van der Waals surface area contributed by atoms with Crippen LogP contribution in [0.1, 0.15) is 42.7 Å². The summed E-state index contributed by atoms with van der Waals surface area (Å²) in [5.41, 5.74) is 2.31. The van der Waals surface area contributed by atoms with Gasteiger partial charge in [-0.3, -0.25) is 4.79 Å². The Morgan fingerprint density at radius 1 is 1.07 bits per heavy atom. The van der Waals surface area contributed by atoms with E-state index in [-0.39, 0.29) is 28.2 Å². The Morgan fingerprint density at radius 2 is 1.82 bits per heavy atom. The number of phenolic OH excluding ortho intramolecular Hbond substituents is 1. The van der Waals surface area contributed by atoms with Crippen molar-refractivity contribution in [1.82, 2.24) is 4.31 Å². The lowest BCUT2D eigenvalue weighted by Crippen LogP contribution is -2.28. The molecule has 0 aromatic heterocycles. The van der Waals surface area contributed by atoms with E-state index in [9.17, 15) is 18.3 Å². The van der Waals surface area contributed by atoms with Crippen molar-refractivity contribution in [3.8, 4) is 5.75 Å². The van der Waals surface area contributed by atoms with Gasteiger partial charge in [-0.25, -0.2) is 8.42 Å². The topological polar surface area (TPSA) is 86.7 Å². The van der Waals surface area contributed by atoms with Crippen LogP contribution in [-0.4, -0.2) is 36.8 Å². The Labute approximate surface area is 165 Å². The highest BCUT2D eigenvalue weighted by Crippen LogP contribution is 2.34. The predicted molar refractivity (Wildman–Crippen MR) is 107 cm³/mol. The van der Waals surface area contributed by atoms with Crippen LogP contribution in [0.5, 0.6) is 5.75 Å². The number of fused-ring (bicyclic) bond motifs is 1. The number of hydrogen-bond donors (Lipinski definition) is 2. The van der Waals surface area contributed by atoms with Gasteiger partial charge in [-0.15, -0.1) is 0 Å². The first-order valence-electron chi connectivity index (χ1n) is 9.68. The smallest absolute Gasteiger partial charge is 0.243 e. The van der Waals surface area contributed by atoms with Crippen LogP contribution in [0.15, 0.2) is 47.4 Å². The van der Waals surface area contributed by atoms with Gasteiger partial charge in [0.15, 0.2) is 0 Å². The number of hydrogen-bond acceptors (Lipinski definition) is 4. The molecule has 6 nitrogen and oxygen atoms in total. The zero-order valence-corrected chi connectivity index (χ0v) is 16.4. The molecule has 0 spiro atoms. The Balaban J connectivity index is 1.59. The molecule has 1 amide bonds. The van der Waals surface area contributed by atoms with Gasteiger partial charge in [-0.2, -0.15) is 4.31 Å². The Hall–Kier alpha value is -2.38. The van der Waals surface area contributed by atoms with Gasteiger partial charge in [0, 0.05) is 13.1 Å². The molecule has 2 aromatic carbocycles. The largest absolute Gasteiger partial charge is 0.506 e. The Bertz CT molecular complexity index is 997. The SMILES string of the molecule is O=C(Nc1cc(S(=O)(=O)N2CCCC2)ccc1O)C1CCCc2ccccc21. The number of aromatic hydroxyl groups is 1. The number of aryl methyl sites for hydroxylation is 1. The third-order valence-electron chi connectivity index (χ3n) is 5.61. The van der Waals surface area contributed by atoms with Crippen molar-refractivity contribution in [3.63, 3.8) is 0 Å². The molecule has 7 heteroatoms. The zero-order valence-electron chi connectivity index (χ0n) is 15.6. The number of carbonyl (C=O) groups excluding carboxylic acids is 1. The number of nitrogens with one attached hydrogen (secondary N) is 1. The van der Waals surface area contributed by atoms with Gasteiger partial charge in [-0.1, -0.05) is 24.3 Å². The van der Waals surface area contributed by atoms with Crippen molar-refractivity contribution < 1.29 is 18.3 Å². The molecule has 1 saturated heterocycles. The zero-order chi connectivity index (χ0) is 19.7. The van der Waals surface area contributed by atoms with Gasteiger partial charge >= 0.3 is 0 Å². The molecule has 4 rings (SSSR count). The van der Waals surface area contributed by atoms with Crippen LogP contribution in [0.3, 0.4) is 0 Å². The quantitative estimate of drug-likeness (QED) is 0.772. The van der Waals surface area contributed by atoms with E-state index in [1.165, 1.54) is 28.1 Å². The van der Waals surface area contributed by atoms with Gasteiger partial charge < -0.3 is 10.4 Å². The Morgan fingerprint density at radius 3 is 2.61 bits per heavy atom. The normalized spacial score (nSPS) is 19.9. The number of amides is 1. The van der Waals surface area contributed by atoms with Crippen LogP contribution >= 0.6 is 0 Å². The van der Waals surface area contributed by atoms with Gasteiger partial charge in [0.1, 0.15) is 5.75 Å². The van der Waals surface area contributed by atoms with Gasteiger partial charge in [-0.05, 0) is 61.4 Å². The molecular weight excluding hydrogens is 376 g/mol. The van der Waals surface area contributed by atoms with Crippen LogP contribution in [0.4, 0.5) is 5.69 Å². The molecule has 28 heavy (non-hydrogen) atoms. The van der Waals surface area contributed by atoms with Gasteiger partial charge in [0.2, 0.25) is 15.9 Å². The summed E-state index contributed by atoms with van der Waals surface area (Å²) >= 11 is 0. The van der Waals surface area contributed by atoms with Crippen molar-refractivity contribution in [2.24, 2.45) is 0 Å². The van der Waals surface area contributed by atoms with E-state index >= 15 is 0 Å². The molecule has 1 aliphatic carbocycles. The highest BCUT2D eigenvalue weighted by atomic mass is 32.2. The van der Waals surface area contributed by atoms with Crippen molar-refractivity contribution >= 4 is 21.6 Å². The van der Waals surface area contributed by atoms with E-state index in [1.54, 1.807) is 0 Å². The number of nitrogens with zero attached hydrogens (tertiary/aromatic N) is 1. The maximum Gasteiger partial charge on any atom is 0.243 e. The average Bonchev–Trinajstić information content (AvgIpc) is 3.25. The lowest BCUT2D eigenvalue weighted by molar-refractivity contribution is -0.117. The van der Waals surface area contributed by atoms with Crippen molar-refractivity contribution in [2.75, 3.05) is 18.4 Å². The fourth-order valence-electron chi connectivity index (χ4n) is 4.10. The second-order valence-electron chi connectivity index (χ2n) is 7.42. The van der Waals surface area contributed by atoms with Gasteiger partial charge in [0.25, 0.3) is 0 Å². The molecule has 2 aromatic rings. The molecule has 1 aliphatic heterocycles. The summed E-state index contributed by atoms with van der Waals surface area (Å²) in [7, 11) is -3.62. The summed E-state index contributed by atoms with van der Waals surface area (Å²) in [6.45, 7) is 1.01. The first kappa shape index (κ1) is 19.0. The van der Waals surface area contributed by atoms with E-state index in [2.05, 4.69) is 5.32 Å². The van der Waals surface area contributed by atoms with E-state index in [4.69, 9.17) is 0 Å². The number of phenols is 1. The minimum atomic E-state index is -3.62. The molecule has 2 N–H and O–H groups in total. The molecule has 0 radical (unpaired) electrons. The molecule has 2 aliphatic rings. The number of carbonyl (C=O) groups is 1. The summed E-state index contributed by atoms with van der Waals surface area (Å²) in [4.78, 5) is 13.0. The molecule has 1 heterocycles. The van der Waals surface area contributed by atoms with Crippen LogP contribution < -0.4 is 5.32 Å². The third kappa shape index (κ3) is 3.52. The first-order valence-corrected chi connectivity index (χ1v) is 11.1. The van der Waals surface area contributed by atoms with Crippen molar-refractivity contribution in [2.45, 2.75) is 42.9 Å². The first-order chi connectivity index (χ1) is 13.5. The lowest BCUT2D eigenvalue weighted by Gasteiger charge is -2.25. The molecule has 1 atom stereocenters. The number of sulfonamides is 1. The standard InChI is InChI=1S/C21H24N2O4S/c24-20-11-10-16(28(26,27)23-12-3-4-13-23)14-19(20)22-21(25)18-9-5-7-15-6-1-2-8-17(15)18/h1-2,6,8,10-11,14,18,24H,3-5,7,9,12-13H2,(H,22,25). The fraction of sp³-hybridized carbons (Fsp3) is 0.381. The monoisotopic (exact) mass is 400 g/mol. The molecule has 1 fully saturated rings. The van der Waals surface area contributed by atoms with Crippen LogP contribution in [-0.2, 0) is 21.2 Å². The van der Waals surface area contributed by atoms with Crippen molar-refractivity contribution in [3.05, 3.63) is 53.6 Å². The van der Waals surface area contributed by atoms with Crippen LogP contribution in [0.2, 0.25) is 0 Å². The fourth-order valence-corrected chi connectivity index (χ4v) is 5.64. The third-order valence-corrected chi connectivity index (χ3v) is 7.51. The average molecular weight is 401 g/mol. The van der Waals surface area contributed by atoms with E-state index < -0.39 is 10.0 Å². The number of anilines is 1. The van der Waals surface area contributed by atoms with Gasteiger partial charge in [0.05, 0.1) is 16.5 Å². The molecule has 0 bridgehead atoms. The predicted octanol–water partition coefficient (Wildman–Crippen LogP) is 3.24. The molecule has 1 unspecified atom stereocenters. The summed E-state index contributed by atoms with van der Waals surface area (Å²) in [5, 5.41) is 12.9. The van der Waals surface area contributed by atoms with Crippen molar-refractivity contribution in [1.29, 1.82) is 0 Å². The minimum absolute atomic E-state index is 0.0894. The summed E-state index contributed by atoms with van der Waals surface area (Å²) in [6, 6.07) is 12.0. The number of rotatable bonds is 4. The summed E-state index contributed by atoms with van der Waals surface area (Å²) in [6.07, 6.45) is 4.30. The molecule has 148 valence electrons. The highest BCUT2D eigenvalue weighted by molar-refractivity contribution is 7.89. The van der Waals surface area contributed by atoms with E-state index in [0.29, 0.717) is 13.1 Å². The molecular formula is C21H24N2O4S. The van der Waals surface area contributed by atoms with Crippen LogP contribution in [0.25, 0.3) is 0 Å². The molecule has 0 saturated carbocycles. The maximum absolute atomic E-state index is 12.9. The second kappa shape index (κ2) is 7.56. The summed E-state index contributed by atoms with van der Waals surface area (Å²) < 4.78 is 27.0. The second-order valence-corrected chi connectivity index (χ2v) is 9.36. The minimum Gasteiger partial charge on any atom is -0.506 e. The van der Waals surface area contributed by atoms with E-state index in [0.717, 1.165) is 37.7 Å². The summed E-state index contributed by atoms with van der Waals surface area (Å²) in [5.74, 6) is -0.667. The highest BCUT2D eigenvalue weighted by Gasteiger charge is 2.29. The number of benzene rings is 2. The van der Waals surface area contributed by atoms with Crippen LogP contribution in [0, 0.1) is 0 Å². The Kier molecular flexibility index (Phi) is 5.12. The maximum atomic E-state index is 12.9.